The number of nitrogens with zero attached hydrogens (tertiary/aromatic N) is 5. The molecule has 6 rings (SSSR count). The van der Waals surface area contributed by atoms with E-state index in [-0.39, 0.29) is 11.4 Å². The quantitative estimate of drug-likeness (QED) is 0.0556. The zero-order chi connectivity index (χ0) is 33.7. The monoisotopic (exact) mass is 677 g/mol. The summed E-state index contributed by atoms with van der Waals surface area (Å²) in [7, 11) is 1.68. The maximum Gasteiger partial charge on any atom is 0.416 e. The largest absolute Gasteiger partial charge is 0.416 e. The smallest absolute Gasteiger partial charge is 0.385 e. The van der Waals surface area contributed by atoms with Crippen molar-refractivity contribution in [2.45, 2.75) is 68.7 Å². The van der Waals surface area contributed by atoms with Crippen molar-refractivity contribution in [2.75, 3.05) is 13.7 Å². The lowest BCUT2D eigenvalue weighted by molar-refractivity contribution is -0.137. The van der Waals surface area contributed by atoms with E-state index in [1.54, 1.807) is 19.2 Å². The van der Waals surface area contributed by atoms with Crippen LogP contribution in [0.2, 0.25) is 0 Å². The summed E-state index contributed by atoms with van der Waals surface area (Å²) in [5, 5.41) is 9.80. The summed E-state index contributed by atoms with van der Waals surface area (Å²) in [6, 6.07) is 19.2. The highest BCUT2D eigenvalue weighted by Gasteiger charge is 2.30. The van der Waals surface area contributed by atoms with Gasteiger partial charge in [0.1, 0.15) is 11.6 Å². The molecule has 0 saturated heterocycles. The minimum atomic E-state index is -4.38. The van der Waals surface area contributed by atoms with Crippen LogP contribution in [0.1, 0.15) is 58.9 Å². The van der Waals surface area contributed by atoms with Gasteiger partial charge in [-0.25, -0.2) is 4.39 Å². The Labute approximate surface area is 280 Å². The second-order valence-corrected chi connectivity index (χ2v) is 12.8. The van der Waals surface area contributed by atoms with E-state index in [9.17, 15) is 22.4 Å². The predicted molar refractivity (Wildman–Crippen MR) is 176 cm³/mol. The molecule has 7 nitrogen and oxygen atoms in total. The third kappa shape index (κ3) is 7.87. The third-order valence-electron chi connectivity index (χ3n) is 8.52. The molecule has 3 aromatic carbocycles. The van der Waals surface area contributed by atoms with Crippen molar-refractivity contribution in [1.29, 1.82) is 0 Å². The summed E-state index contributed by atoms with van der Waals surface area (Å²) < 4.78 is 62.1. The van der Waals surface area contributed by atoms with E-state index in [2.05, 4.69) is 24.3 Å². The van der Waals surface area contributed by atoms with Crippen molar-refractivity contribution in [2.24, 2.45) is 0 Å². The fourth-order valence-electron chi connectivity index (χ4n) is 5.95. The molecule has 0 fully saturated rings. The molecule has 48 heavy (non-hydrogen) atoms. The number of aryl methyl sites for hydroxylation is 1. The number of fused-ring (bicyclic) bond motifs is 1. The molecule has 12 heteroatoms. The lowest BCUT2D eigenvalue weighted by Crippen LogP contribution is -2.23. The Bertz CT molecular complexity index is 1900. The van der Waals surface area contributed by atoms with Crippen molar-refractivity contribution in [1.82, 2.24) is 24.3 Å². The van der Waals surface area contributed by atoms with Gasteiger partial charge in [-0.3, -0.25) is 4.79 Å². The van der Waals surface area contributed by atoms with E-state index in [1.807, 2.05) is 24.3 Å². The topological polar surface area (TPSA) is 74.8 Å². The van der Waals surface area contributed by atoms with Crippen LogP contribution < -0.4 is 5.56 Å². The molecule has 0 N–H and O–H groups in total. The average Bonchev–Trinajstić information content (AvgIpc) is 3.72. The van der Waals surface area contributed by atoms with Gasteiger partial charge in [0.2, 0.25) is 0 Å². The number of benzene rings is 3. The summed E-state index contributed by atoms with van der Waals surface area (Å²) in [4.78, 5) is 17.5. The molecule has 1 aliphatic carbocycles. The number of thioether (sulfide) groups is 1. The molecule has 1 aliphatic rings. The van der Waals surface area contributed by atoms with E-state index < -0.39 is 11.7 Å². The Balaban J connectivity index is 1.29. The highest BCUT2D eigenvalue weighted by atomic mass is 32.2. The standard InChI is InChI=1S/C36H35F4N5O2S/c1-47-20-3-2-7-32-42-43-33(45(32)21-24-8-12-26(13-9-24)27-14-16-28(17-15-27)36(38,39)40)22-44-31-6-4-5-30(31)34(46)41-35(44)48-23-25-10-18-29(37)19-11-25/h8-19H,2-7,20-23H2,1H3. The van der Waals surface area contributed by atoms with Crippen LogP contribution >= 0.6 is 11.8 Å². The molecule has 0 bridgehead atoms. The number of alkyl halides is 3. The third-order valence-corrected chi connectivity index (χ3v) is 9.57. The van der Waals surface area contributed by atoms with Crippen LogP contribution in [0.4, 0.5) is 17.6 Å². The highest BCUT2D eigenvalue weighted by molar-refractivity contribution is 7.98. The molecule has 0 atom stereocenters. The SMILES string of the molecule is COCCCCc1nnc(Cn2c(SCc3ccc(F)cc3)nc(=O)c3c2CCC3)n1Cc1ccc(-c2ccc(C(F)(F)F)cc2)cc1. The van der Waals surface area contributed by atoms with Gasteiger partial charge in [-0.05, 0) is 78.6 Å². The van der Waals surface area contributed by atoms with Crippen LogP contribution in [0.15, 0.2) is 82.7 Å². The van der Waals surface area contributed by atoms with Crippen LogP contribution in [0.25, 0.3) is 11.1 Å². The van der Waals surface area contributed by atoms with Gasteiger partial charge in [0.15, 0.2) is 11.0 Å². The van der Waals surface area contributed by atoms with Crippen LogP contribution in [0.5, 0.6) is 0 Å². The second kappa shape index (κ2) is 14.9. The summed E-state index contributed by atoms with van der Waals surface area (Å²) in [6.07, 6.45) is 0.392. The zero-order valence-corrected chi connectivity index (χ0v) is 27.3. The molecule has 0 aliphatic heterocycles. The fraction of sp³-hybridized carbons (Fsp3) is 0.333. The number of unbranched alkanes of at least 4 members (excludes halogenated alkanes) is 1. The summed E-state index contributed by atoms with van der Waals surface area (Å²) in [5.41, 5.74) is 4.25. The zero-order valence-electron chi connectivity index (χ0n) is 26.5. The van der Waals surface area contributed by atoms with Crippen LogP contribution in [-0.4, -0.2) is 38.0 Å². The van der Waals surface area contributed by atoms with Crippen LogP contribution in [0, 0.1) is 5.82 Å². The summed E-state index contributed by atoms with van der Waals surface area (Å²) in [6.45, 7) is 1.51. The number of aromatic nitrogens is 5. The first-order valence-corrected chi connectivity index (χ1v) is 16.8. The Morgan fingerprint density at radius 1 is 0.812 bits per heavy atom. The molecule has 250 valence electrons. The average molecular weight is 678 g/mol. The highest BCUT2D eigenvalue weighted by Crippen LogP contribution is 2.31. The van der Waals surface area contributed by atoms with E-state index in [1.165, 1.54) is 36.0 Å². The maximum absolute atomic E-state index is 13.5. The van der Waals surface area contributed by atoms with Crippen LogP contribution in [0.3, 0.4) is 0 Å². The van der Waals surface area contributed by atoms with Gasteiger partial charge in [0, 0.05) is 37.1 Å². The van der Waals surface area contributed by atoms with Crippen molar-refractivity contribution < 1.29 is 22.3 Å². The number of rotatable bonds is 13. The lowest BCUT2D eigenvalue weighted by atomic mass is 10.0. The maximum atomic E-state index is 13.5. The molecular weight excluding hydrogens is 642 g/mol. The summed E-state index contributed by atoms with van der Waals surface area (Å²) in [5.74, 6) is 1.78. The Morgan fingerprint density at radius 2 is 1.48 bits per heavy atom. The molecule has 2 aromatic heterocycles. The number of methoxy groups -OCH3 is 1. The number of halogens is 4. The van der Waals surface area contributed by atoms with Gasteiger partial charge in [-0.15, -0.1) is 10.2 Å². The normalized spacial score (nSPS) is 12.9. The van der Waals surface area contributed by atoms with Gasteiger partial charge in [0.05, 0.1) is 18.7 Å². The molecule has 5 aromatic rings. The first kappa shape index (κ1) is 33.6. The Morgan fingerprint density at radius 3 is 2.17 bits per heavy atom. The van der Waals surface area contributed by atoms with Crippen molar-refractivity contribution in [3.8, 4) is 11.1 Å². The molecule has 2 heterocycles. The molecule has 0 spiro atoms. The number of hydrogen-bond acceptors (Lipinski definition) is 6. The lowest BCUT2D eigenvalue weighted by Gasteiger charge is -2.18. The number of ether oxygens (including phenoxy) is 1. The van der Waals surface area contributed by atoms with E-state index in [0.29, 0.717) is 49.0 Å². The molecule has 0 amide bonds. The van der Waals surface area contributed by atoms with Crippen LogP contribution in [-0.2, 0) is 49.0 Å². The van der Waals surface area contributed by atoms with Gasteiger partial charge in [-0.1, -0.05) is 60.3 Å². The van der Waals surface area contributed by atoms with Gasteiger partial charge >= 0.3 is 6.18 Å². The van der Waals surface area contributed by atoms with E-state index in [0.717, 1.165) is 77.4 Å². The Hall–Kier alpha value is -4.29. The Kier molecular flexibility index (Phi) is 10.4. The summed E-state index contributed by atoms with van der Waals surface area (Å²) >= 11 is 1.44. The minimum Gasteiger partial charge on any atom is -0.385 e. The van der Waals surface area contributed by atoms with Gasteiger partial charge < -0.3 is 13.9 Å². The van der Waals surface area contributed by atoms with E-state index >= 15 is 0 Å². The van der Waals surface area contributed by atoms with E-state index in [4.69, 9.17) is 4.74 Å². The van der Waals surface area contributed by atoms with Crippen molar-refractivity contribution in [3.05, 3.63) is 129 Å². The fourth-order valence-corrected chi connectivity index (χ4v) is 6.92. The molecule has 0 radical (unpaired) electrons. The van der Waals surface area contributed by atoms with Gasteiger partial charge in [0.25, 0.3) is 5.56 Å². The minimum absolute atomic E-state index is 0.200. The van der Waals surface area contributed by atoms with Crippen molar-refractivity contribution in [3.63, 3.8) is 0 Å². The first-order chi connectivity index (χ1) is 23.2. The molecular formula is C36H35F4N5O2S. The van der Waals surface area contributed by atoms with Crippen molar-refractivity contribution >= 4 is 11.8 Å². The predicted octanol–water partition coefficient (Wildman–Crippen LogP) is 7.51. The molecule has 0 unspecified atom stereocenters. The molecule has 0 saturated carbocycles. The number of hydrogen-bond donors (Lipinski definition) is 0. The second-order valence-electron chi connectivity index (χ2n) is 11.8. The first-order valence-electron chi connectivity index (χ1n) is 15.9. The van der Waals surface area contributed by atoms with Gasteiger partial charge in [-0.2, -0.15) is 18.2 Å².